The lowest BCUT2D eigenvalue weighted by molar-refractivity contribution is -0.139. The zero-order chi connectivity index (χ0) is 16.0. The zero-order valence-corrected chi connectivity index (χ0v) is 11.6. The third kappa shape index (κ3) is 2.12. The molecule has 0 radical (unpaired) electrons. The molecule has 0 aliphatic heterocycles. The van der Waals surface area contributed by atoms with E-state index in [9.17, 15) is 13.2 Å². The molecular weight excluding hydrogens is 305 g/mol. The van der Waals surface area contributed by atoms with Crippen LogP contribution in [0.25, 0.3) is 27.8 Å². The van der Waals surface area contributed by atoms with E-state index in [-0.39, 0.29) is 16.7 Å². The predicted molar refractivity (Wildman–Crippen MR) is 78.7 cm³/mol. The maximum Gasteiger partial charge on any atom is 0.435 e. The maximum absolute atomic E-state index is 13.5. The van der Waals surface area contributed by atoms with E-state index in [0.29, 0.717) is 11.1 Å². The van der Waals surface area contributed by atoms with Gasteiger partial charge in [-0.05, 0) is 12.1 Å². The fourth-order valence-electron chi connectivity index (χ4n) is 2.56. The highest BCUT2D eigenvalue weighted by atomic mass is 19.4. The van der Waals surface area contributed by atoms with Crippen molar-refractivity contribution < 1.29 is 13.2 Å². The highest BCUT2D eigenvalue weighted by molar-refractivity contribution is 5.86. The van der Waals surface area contributed by atoms with Crippen LogP contribution in [-0.4, -0.2) is 19.8 Å². The molecular formula is C16H9F3N4. The van der Waals surface area contributed by atoms with E-state index in [4.69, 9.17) is 0 Å². The normalized spacial score (nSPS) is 12.1. The third-order valence-corrected chi connectivity index (χ3v) is 3.55. The van der Waals surface area contributed by atoms with Crippen molar-refractivity contribution in [1.82, 2.24) is 19.8 Å². The Kier molecular flexibility index (Phi) is 2.84. The molecule has 0 aliphatic carbocycles. The van der Waals surface area contributed by atoms with Gasteiger partial charge in [-0.2, -0.15) is 13.2 Å². The first-order valence-corrected chi connectivity index (χ1v) is 6.82. The average Bonchev–Trinajstić information content (AvgIpc) is 2.99. The minimum atomic E-state index is -4.60. The molecule has 4 rings (SSSR count). The first-order chi connectivity index (χ1) is 11.1. The van der Waals surface area contributed by atoms with Crippen LogP contribution in [0.3, 0.4) is 0 Å². The molecule has 0 unspecified atom stereocenters. The quantitative estimate of drug-likeness (QED) is 0.534. The molecule has 7 heteroatoms. The standard InChI is InChI=1S/C16H9F3N4/c17-16(18,19)15-14-13(10-6-2-1-3-7-10)21-22-23(14)12-9-5-4-8-11(12)20-15/h1-9H. The predicted octanol–water partition coefficient (Wildman–Crippen LogP) is 3.96. The molecule has 2 aromatic heterocycles. The fourth-order valence-corrected chi connectivity index (χ4v) is 2.56. The number of para-hydroxylation sites is 2. The van der Waals surface area contributed by atoms with Crippen LogP contribution in [0.2, 0.25) is 0 Å². The van der Waals surface area contributed by atoms with Gasteiger partial charge in [-0.25, -0.2) is 9.50 Å². The molecule has 2 aromatic carbocycles. The summed E-state index contributed by atoms with van der Waals surface area (Å²) in [5.74, 6) is 0. The van der Waals surface area contributed by atoms with Gasteiger partial charge < -0.3 is 0 Å². The summed E-state index contributed by atoms with van der Waals surface area (Å²) in [6.45, 7) is 0. The van der Waals surface area contributed by atoms with Crippen molar-refractivity contribution >= 4 is 16.6 Å². The molecule has 0 fully saturated rings. The molecule has 0 saturated heterocycles. The molecule has 4 nitrogen and oxygen atoms in total. The van der Waals surface area contributed by atoms with E-state index in [1.54, 1.807) is 48.5 Å². The Hall–Kier alpha value is -2.96. The Labute approximate surface area is 128 Å². The van der Waals surface area contributed by atoms with Crippen LogP contribution in [0.5, 0.6) is 0 Å². The number of alkyl halides is 3. The number of nitrogens with zero attached hydrogens (tertiary/aromatic N) is 4. The topological polar surface area (TPSA) is 43.1 Å². The lowest BCUT2D eigenvalue weighted by Crippen LogP contribution is -2.11. The van der Waals surface area contributed by atoms with Crippen molar-refractivity contribution in [3.8, 4) is 11.3 Å². The molecule has 0 saturated carbocycles. The van der Waals surface area contributed by atoms with Gasteiger partial charge in [0.1, 0.15) is 11.2 Å². The second kappa shape index (κ2) is 4.77. The van der Waals surface area contributed by atoms with Crippen molar-refractivity contribution in [2.45, 2.75) is 6.18 Å². The van der Waals surface area contributed by atoms with Gasteiger partial charge in [0, 0.05) is 5.56 Å². The van der Waals surface area contributed by atoms with E-state index in [1.807, 2.05) is 0 Å². The summed E-state index contributed by atoms with van der Waals surface area (Å²) in [5, 5.41) is 7.89. The Morgan fingerprint density at radius 2 is 1.57 bits per heavy atom. The summed E-state index contributed by atoms with van der Waals surface area (Å²) < 4.78 is 41.7. The van der Waals surface area contributed by atoms with Crippen LogP contribution in [-0.2, 0) is 6.18 Å². The summed E-state index contributed by atoms with van der Waals surface area (Å²) in [4.78, 5) is 3.81. The van der Waals surface area contributed by atoms with Gasteiger partial charge in [-0.1, -0.05) is 47.7 Å². The Bertz CT molecular complexity index is 1010. The van der Waals surface area contributed by atoms with Crippen LogP contribution in [0, 0.1) is 0 Å². The minimum Gasteiger partial charge on any atom is -0.239 e. The first-order valence-electron chi connectivity index (χ1n) is 6.82. The van der Waals surface area contributed by atoms with Gasteiger partial charge in [-0.3, -0.25) is 0 Å². The molecule has 0 aliphatic rings. The smallest absolute Gasteiger partial charge is 0.239 e. The summed E-state index contributed by atoms with van der Waals surface area (Å²) in [6, 6.07) is 15.2. The number of hydrogen-bond donors (Lipinski definition) is 0. The maximum atomic E-state index is 13.5. The van der Waals surface area contributed by atoms with Crippen LogP contribution in [0.4, 0.5) is 13.2 Å². The van der Waals surface area contributed by atoms with Crippen molar-refractivity contribution in [3.63, 3.8) is 0 Å². The first kappa shape index (κ1) is 13.7. The van der Waals surface area contributed by atoms with E-state index in [2.05, 4.69) is 15.3 Å². The highest BCUT2D eigenvalue weighted by Crippen LogP contribution is 2.36. The molecule has 2 heterocycles. The zero-order valence-electron chi connectivity index (χ0n) is 11.6. The number of aromatic nitrogens is 4. The lowest BCUT2D eigenvalue weighted by Gasteiger charge is -2.10. The van der Waals surface area contributed by atoms with Crippen LogP contribution >= 0.6 is 0 Å². The average molecular weight is 314 g/mol. The Morgan fingerprint density at radius 3 is 2.30 bits per heavy atom. The van der Waals surface area contributed by atoms with Crippen LogP contribution in [0.1, 0.15) is 5.69 Å². The molecule has 0 bridgehead atoms. The Morgan fingerprint density at radius 1 is 0.870 bits per heavy atom. The van der Waals surface area contributed by atoms with Gasteiger partial charge in [0.05, 0.1) is 11.0 Å². The van der Waals surface area contributed by atoms with Gasteiger partial charge >= 0.3 is 6.18 Å². The third-order valence-electron chi connectivity index (χ3n) is 3.55. The molecule has 0 atom stereocenters. The molecule has 0 N–H and O–H groups in total. The fraction of sp³-hybridized carbons (Fsp3) is 0.0625. The minimum absolute atomic E-state index is 0.137. The van der Waals surface area contributed by atoms with Gasteiger partial charge in [0.25, 0.3) is 0 Å². The monoisotopic (exact) mass is 314 g/mol. The van der Waals surface area contributed by atoms with Gasteiger partial charge in [0.2, 0.25) is 0 Å². The highest BCUT2D eigenvalue weighted by Gasteiger charge is 2.37. The van der Waals surface area contributed by atoms with E-state index in [0.717, 1.165) is 0 Å². The number of hydrogen-bond acceptors (Lipinski definition) is 3. The van der Waals surface area contributed by atoms with Gasteiger partial charge in [-0.15, -0.1) is 5.10 Å². The molecule has 114 valence electrons. The van der Waals surface area contributed by atoms with Crippen molar-refractivity contribution in [3.05, 3.63) is 60.3 Å². The molecule has 0 amide bonds. The number of rotatable bonds is 1. The number of halogens is 3. The summed E-state index contributed by atoms with van der Waals surface area (Å²) in [6.07, 6.45) is -4.60. The summed E-state index contributed by atoms with van der Waals surface area (Å²) in [7, 11) is 0. The Balaban J connectivity index is 2.17. The van der Waals surface area contributed by atoms with Crippen molar-refractivity contribution in [2.24, 2.45) is 0 Å². The molecule has 23 heavy (non-hydrogen) atoms. The number of benzene rings is 2. The second-order valence-corrected chi connectivity index (χ2v) is 5.01. The van der Waals surface area contributed by atoms with Crippen LogP contribution in [0.15, 0.2) is 54.6 Å². The van der Waals surface area contributed by atoms with Crippen molar-refractivity contribution in [2.75, 3.05) is 0 Å². The van der Waals surface area contributed by atoms with Crippen molar-refractivity contribution in [1.29, 1.82) is 0 Å². The van der Waals surface area contributed by atoms with E-state index in [1.165, 1.54) is 10.6 Å². The second-order valence-electron chi connectivity index (χ2n) is 5.01. The molecule has 4 aromatic rings. The van der Waals surface area contributed by atoms with Crippen LogP contribution < -0.4 is 0 Å². The largest absolute Gasteiger partial charge is 0.435 e. The summed E-state index contributed by atoms with van der Waals surface area (Å²) in [5.41, 5.74) is 0.297. The van der Waals surface area contributed by atoms with E-state index >= 15 is 0 Å². The number of fused-ring (bicyclic) bond motifs is 3. The SMILES string of the molecule is FC(F)(F)c1nc2ccccc2n2nnc(-c3ccccc3)c12. The lowest BCUT2D eigenvalue weighted by atomic mass is 10.1. The van der Waals surface area contributed by atoms with E-state index < -0.39 is 11.9 Å². The summed E-state index contributed by atoms with van der Waals surface area (Å²) >= 11 is 0. The van der Waals surface area contributed by atoms with Gasteiger partial charge in [0.15, 0.2) is 5.69 Å². The molecule has 0 spiro atoms.